The van der Waals surface area contributed by atoms with Crippen LogP contribution in [-0.2, 0) is 4.79 Å². The van der Waals surface area contributed by atoms with Crippen LogP contribution >= 0.6 is 0 Å². The normalized spacial score (nSPS) is 14.5. The first-order valence-corrected chi connectivity index (χ1v) is 8.15. The summed E-state index contributed by atoms with van der Waals surface area (Å²) in [6, 6.07) is 12.4. The molecule has 2 aromatic rings. The topological polar surface area (TPSA) is 67.4 Å². The molecule has 2 amide bonds. The Kier molecular flexibility index (Phi) is 4.97. The Bertz CT molecular complexity index is 755. The molecule has 1 aliphatic rings. The lowest BCUT2D eigenvalue weighted by molar-refractivity contribution is -0.122. The van der Waals surface area contributed by atoms with Crippen molar-refractivity contribution >= 4 is 17.5 Å². The molecule has 2 aromatic carbocycles. The van der Waals surface area contributed by atoms with Crippen LogP contribution in [0.5, 0.6) is 5.75 Å². The molecule has 0 aromatic heterocycles. The first-order valence-electron chi connectivity index (χ1n) is 8.15. The van der Waals surface area contributed by atoms with Crippen LogP contribution in [0, 0.1) is 5.82 Å². The summed E-state index contributed by atoms with van der Waals surface area (Å²) in [7, 11) is 0. The van der Waals surface area contributed by atoms with E-state index in [0.717, 1.165) is 12.8 Å². The fourth-order valence-electron chi connectivity index (χ4n) is 2.22. The summed E-state index contributed by atoms with van der Waals surface area (Å²) in [5.41, 5.74) is 1.13. The molecule has 0 spiro atoms. The maximum absolute atomic E-state index is 12.9. The smallest absolute Gasteiger partial charge is 0.265 e. The van der Waals surface area contributed by atoms with E-state index in [4.69, 9.17) is 4.74 Å². The fraction of sp³-hybridized carbons (Fsp3) is 0.263. The van der Waals surface area contributed by atoms with E-state index in [1.165, 1.54) is 24.3 Å². The van der Waals surface area contributed by atoms with Gasteiger partial charge in [-0.2, -0.15) is 0 Å². The lowest BCUT2D eigenvalue weighted by Gasteiger charge is -2.15. The van der Waals surface area contributed by atoms with Crippen LogP contribution in [0.15, 0.2) is 48.5 Å². The number of rotatable bonds is 6. The van der Waals surface area contributed by atoms with Gasteiger partial charge in [-0.1, -0.05) is 0 Å². The molecular weight excluding hydrogens is 323 g/mol. The molecule has 0 aliphatic heterocycles. The number of hydrogen-bond acceptors (Lipinski definition) is 3. The second-order valence-corrected chi connectivity index (χ2v) is 6.03. The molecule has 1 atom stereocenters. The highest BCUT2D eigenvalue weighted by Gasteiger charge is 2.23. The van der Waals surface area contributed by atoms with Crippen molar-refractivity contribution < 1.29 is 18.7 Å². The predicted octanol–water partition coefficient (Wildman–Crippen LogP) is 3.12. The van der Waals surface area contributed by atoms with Gasteiger partial charge in [0.15, 0.2) is 6.10 Å². The monoisotopic (exact) mass is 342 g/mol. The van der Waals surface area contributed by atoms with E-state index in [2.05, 4.69) is 10.6 Å². The molecule has 25 heavy (non-hydrogen) atoms. The molecule has 3 rings (SSSR count). The van der Waals surface area contributed by atoms with Crippen LogP contribution < -0.4 is 15.4 Å². The van der Waals surface area contributed by atoms with E-state index in [-0.39, 0.29) is 17.6 Å². The minimum Gasteiger partial charge on any atom is -0.481 e. The van der Waals surface area contributed by atoms with Crippen LogP contribution in [0.3, 0.4) is 0 Å². The van der Waals surface area contributed by atoms with Crippen molar-refractivity contribution in [1.29, 1.82) is 0 Å². The molecule has 130 valence electrons. The van der Waals surface area contributed by atoms with Gasteiger partial charge in [0.25, 0.3) is 11.8 Å². The molecule has 0 heterocycles. The number of hydrogen-bond donors (Lipinski definition) is 2. The van der Waals surface area contributed by atoms with E-state index in [9.17, 15) is 14.0 Å². The maximum atomic E-state index is 12.9. The third-order valence-corrected chi connectivity index (χ3v) is 3.82. The maximum Gasteiger partial charge on any atom is 0.265 e. The summed E-state index contributed by atoms with van der Waals surface area (Å²) >= 11 is 0. The van der Waals surface area contributed by atoms with Crippen LogP contribution in [-0.4, -0.2) is 24.0 Å². The Morgan fingerprint density at radius 2 is 1.72 bits per heavy atom. The van der Waals surface area contributed by atoms with Gasteiger partial charge >= 0.3 is 0 Å². The number of amides is 2. The highest BCUT2D eigenvalue weighted by Crippen LogP contribution is 2.20. The van der Waals surface area contributed by atoms with Gasteiger partial charge in [0.05, 0.1) is 0 Å². The molecule has 0 saturated heterocycles. The zero-order chi connectivity index (χ0) is 17.8. The number of nitrogens with one attached hydrogen (secondary N) is 2. The zero-order valence-electron chi connectivity index (χ0n) is 13.8. The van der Waals surface area contributed by atoms with Crippen LogP contribution in [0.4, 0.5) is 10.1 Å². The lowest BCUT2D eigenvalue weighted by Crippen LogP contribution is -2.30. The molecule has 6 heteroatoms. The second-order valence-electron chi connectivity index (χ2n) is 6.03. The van der Waals surface area contributed by atoms with Crippen molar-refractivity contribution in [2.75, 3.05) is 5.32 Å². The largest absolute Gasteiger partial charge is 0.481 e. The molecule has 0 unspecified atom stereocenters. The third-order valence-electron chi connectivity index (χ3n) is 3.82. The number of halogens is 1. The average molecular weight is 342 g/mol. The van der Waals surface area contributed by atoms with E-state index in [1.54, 1.807) is 31.2 Å². The molecule has 1 saturated carbocycles. The summed E-state index contributed by atoms with van der Waals surface area (Å²) < 4.78 is 18.3. The van der Waals surface area contributed by atoms with Crippen LogP contribution in [0.2, 0.25) is 0 Å². The summed E-state index contributed by atoms with van der Waals surface area (Å²) in [5, 5.41) is 5.63. The van der Waals surface area contributed by atoms with Gasteiger partial charge in [-0.15, -0.1) is 0 Å². The van der Waals surface area contributed by atoms with Crippen molar-refractivity contribution in [3.63, 3.8) is 0 Å². The van der Waals surface area contributed by atoms with Gasteiger partial charge in [0.2, 0.25) is 0 Å². The van der Waals surface area contributed by atoms with Crippen LogP contribution in [0.25, 0.3) is 0 Å². The predicted molar refractivity (Wildman–Crippen MR) is 92.0 cm³/mol. The Morgan fingerprint density at radius 3 is 2.32 bits per heavy atom. The molecule has 0 bridgehead atoms. The quantitative estimate of drug-likeness (QED) is 0.847. The van der Waals surface area contributed by atoms with E-state index in [0.29, 0.717) is 23.0 Å². The Hall–Kier alpha value is -2.89. The van der Waals surface area contributed by atoms with E-state index in [1.807, 2.05) is 0 Å². The first-order chi connectivity index (χ1) is 12.0. The summed E-state index contributed by atoms with van der Waals surface area (Å²) in [4.78, 5) is 24.1. The van der Waals surface area contributed by atoms with Gasteiger partial charge in [0.1, 0.15) is 11.6 Å². The number of anilines is 1. The fourth-order valence-corrected chi connectivity index (χ4v) is 2.22. The summed E-state index contributed by atoms with van der Waals surface area (Å²) in [5.74, 6) is -0.390. The molecule has 5 nitrogen and oxygen atoms in total. The average Bonchev–Trinajstić information content (AvgIpc) is 3.41. The van der Waals surface area contributed by atoms with Gasteiger partial charge in [0, 0.05) is 17.3 Å². The molecular formula is C19H19FN2O3. The van der Waals surface area contributed by atoms with E-state index >= 15 is 0 Å². The van der Waals surface area contributed by atoms with Gasteiger partial charge < -0.3 is 15.4 Å². The number of benzene rings is 2. The van der Waals surface area contributed by atoms with Gasteiger partial charge in [-0.05, 0) is 68.3 Å². The summed E-state index contributed by atoms with van der Waals surface area (Å²) in [6.45, 7) is 1.61. The lowest BCUT2D eigenvalue weighted by atomic mass is 10.2. The van der Waals surface area contributed by atoms with Gasteiger partial charge in [-0.25, -0.2) is 4.39 Å². The van der Waals surface area contributed by atoms with E-state index < -0.39 is 6.10 Å². The molecule has 1 fully saturated rings. The van der Waals surface area contributed by atoms with Crippen LogP contribution in [0.1, 0.15) is 30.1 Å². The Morgan fingerprint density at radius 1 is 1.08 bits per heavy atom. The Balaban J connectivity index is 1.54. The van der Waals surface area contributed by atoms with Crippen molar-refractivity contribution in [2.24, 2.45) is 0 Å². The van der Waals surface area contributed by atoms with Crippen molar-refractivity contribution in [3.8, 4) is 5.75 Å². The second kappa shape index (κ2) is 7.34. The highest BCUT2D eigenvalue weighted by atomic mass is 19.1. The highest BCUT2D eigenvalue weighted by molar-refractivity contribution is 5.97. The standard InChI is InChI=1S/C19H19FN2O3/c1-12(25-17-10-4-14(20)5-11-17)18(23)21-15-6-2-13(3-7-15)19(24)22-16-8-9-16/h2-7,10-12,16H,8-9H2,1H3,(H,21,23)(H,22,24)/t12-/m1/s1. The SMILES string of the molecule is C[C@@H](Oc1ccc(F)cc1)C(=O)Nc1ccc(C(=O)NC2CC2)cc1. The minimum atomic E-state index is -0.747. The third kappa shape index (κ3) is 4.79. The van der Waals surface area contributed by atoms with Crippen molar-refractivity contribution in [3.05, 3.63) is 59.9 Å². The number of carbonyl (C=O) groups excluding carboxylic acids is 2. The number of ether oxygens (including phenoxy) is 1. The Labute approximate surface area is 145 Å². The molecule has 2 N–H and O–H groups in total. The molecule has 1 aliphatic carbocycles. The molecule has 0 radical (unpaired) electrons. The van der Waals surface area contributed by atoms with Gasteiger partial charge in [-0.3, -0.25) is 9.59 Å². The number of carbonyl (C=O) groups is 2. The van der Waals surface area contributed by atoms with Crippen molar-refractivity contribution in [1.82, 2.24) is 5.32 Å². The van der Waals surface area contributed by atoms with Crippen molar-refractivity contribution in [2.45, 2.75) is 31.9 Å². The minimum absolute atomic E-state index is 0.103. The first kappa shape index (κ1) is 17.0. The zero-order valence-corrected chi connectivity index (χ0v) is 13.8. The summed E-state index contributed by atoms with van der Waals surface area (Å²) in [6.07, 6.45) is 1.32.